The zero-order valence-electron chi connectivity index (χ0n) is 6.88. The fraction of sp³-hybridized carbons (Fsp3) is 0.625. The Kier molecular flexibility index (Phi) is 3.11. The summed E-state index contributed by atoms with van der Waals surface area (Å²) < 4.78 is 0. The summed E-state index contributed by atoms with van der Waals surface area (Å²) in [6.45, 7) is 2.93. The molecule has 1 aromatic heterocycles. The van der Waals surface area contributed by atoms with E-state index >= 15 is 0 Å². The third-order valence-corrected chi connectivity index (χ3v) is 1.83. The summed E-state index contributed by atoms with van der Waals surface area (Å²) in [4.78, 5) is 7.27. The molecule has 0 saturated heterocycles. The lowest BCUT2D eigenvalue weighted by molar-refractivity contribution is 0.614. The molecule has 0 amide bonds. The van der Waals surface area contributed by atoms with E-state index in [1.54, 1.807) is 6.20 Å². The Labute approximate surface area is 67.0 Å². The molecule has 1 aromatic rings. The maximum absolute atomic E-state index is 5.40. The Morgan fingerprint density at radius 3 is 3.09 bits per heavy atom. The van der Waals surface area contributed by atoms with Crippen molar-refractivity contribution in [2.75, 3.05) is 6.54 Å². The number of aromatic nitrogens is 2. The average Bonchev–Trinajstić information content (AvgIpc) is 2.52. The average molecular weight is 153 g/mol. The van der Waals surface area contributed by atoms with E-state index in [4.69, 9.17) is 5.73 Å². The fourth-order valence-corrected chi connectivity index (χ4v) is 1.11. The molecule has 0 saturated carbocycles. The van der Waals surface area contributed by atoms with Gasteiger partial charge >= 0.3 is 0 Å². The second-order valence-corrected chi connectivity index (χ2v) is 2.81. The molecule has 11 heavy (non-hydrogen) atoms. The third kappa shape index (κ3) is 2.35. The molecule has 1 heterocycles. The zero-order chi connectivity index (χ0) is 8.10. The van der Waals surface area contributed by atoms with Gasteiger partial charge in [-0.1, -0.05) is 6.92 Å². The summed E-state index contributed by atoms with van der Waals surface area (Å²) in [7, 11) is 0. The van der Waals surface area contributed by atoms with Crippen molar-refractivity contribution >= 4 is 0 Å². The highest BCUT2D eigenvalue weighted by molar-refractivity contribution is 4.94. The molecule has 0 aromatic carbocycles. The van der Waals surface area contributed by atoms with Crippen LogP contribution in [0.25, 0.3) is 0 Å². The minimum Gasteiger partial charge on any atom is -0.348 e. The van der Waals surface area contributed by atoms with Gasteiger partial charge in [-0.15, -0.1) is 0 Å². The second kappa shape index (κ2) is 4.13. The van der Waals surface area contributed by atoms with Crippen LogP contribution in [0.15, 0.2) is 12.4 Å². The topological polar surface area (TPSA) is 54.7 Å². The number of aromatic amines is 1. The van der Waals surface area contributed by atoms with Crippen molar-refractivity contribution in [2.45, 2.75) is 25.7 Å². The summed E-state index contributed by atoms with van der Waals surface area (Å²) in [6, 6.07) is 0. The van der Waals surface area contributed by atoms with Crippen molar-refractivity contribution in [1.82, 2.24) is 9.97 Å². The van der Waals surface area contributed by atoms with Gasteiger partial charge in [0.1, 0.15) is 5.82 Å². The van der Waals surface area contributed by atoms with Crippen LogP contribution in [0.1, 0.15) is 31.5 Å². The van der Waals surface area contributed by atoms with Gasteiger partial charge in [0.25, 0.3) is 0 Å². The molecular weight excluding hydrogens is 138 g/mol. The van der Waals surface area contributed by atoms with Crippen LogP contribution < -0.4 is 5.73 Å². The van der Waals surface area contributed by atoms with Gasteiger partial charge in [0, 0.05) is 18.3 Å². The highest BCUT2D eigenvalue weighted by Crippen LogP contribution is 2.15. The van der Waals surface area contributed by atoms with Gasteiger partial charge in [0.15, 0.2) is 0 Å². The molecule has 1 rings (SSSR count). The number of nitrogens with one attached hydrogen (secondary N) is 1. The highest BCUT2D eigenvalue weighted by atomic mass is 14.9. The second-order valence-electron chi connectivity index (χ2n) is 2.81. The lowest BCUT2D eigenvalue weighted by Gasteiger charge is -2.05. The fourth-order valence-electron chi connectivity index (χ4n) is 1.11. The van der Waals surface area contributed by atoms with E-state index < -0.39 is 0 Å². The normalized spacial score (nSPS) is 13.3. The Hall–Kier alpha value is -0.830. The number of rotatable bonds is 4. The molecule has 0 bridgehead atoms. The minimum absolute atomic E-state index is 0.508. The van der Waals surface area contributed by atoms with Crippen molar-refractivity contribution in [3.05, 3.63) is 18.2 Å². The molecule has 1 atom stereocenters. The van der Waals surface area contributed by atoms with Gasteiger partial charge in [-0.2, -0.15) is 0 Å². The number of nitrogens with two attached hydrogens (primary N) is 1. The largest absolute Gasteiger partial charge is 0.348 e. The van der Waals surface area contributed by atoms with Gasteiger partial charge in [-0.3, -0.25) is 0 Å². The van der Waals surface area contributed by atoms with Crippen LogP contribution in [-0.4, -0.2) is 16.5 Å². The molecule has 3 heteroatoms. The molecule has 3 N–H and O–H groups in total. The Balaban J connectivity index is 2.36. The Morgan fingerprint density at radius 2 is 2.55 bits per heavy atom. The summed E-state index contributed by atoms with van der Waals surface area (Å²) in [6.07, 6.45) is 5.83. The van der Waals surface area contributed by atoms with Crippen LogP contribution in [0.2, 0.25) is 0 Å². The lowest BCUT2D eigenvalue weighted by atomic mass is 10.1. The smallest absolute Gasteiger partial charge is 0.108 e. The van der Waals surface area contributed by atoms with Gasteiger partial charge in [-0.05, 0) is 19.4 Å². The molecule has 0 radical (unpaired) electrons. The maximum atomic E-state index is 5.40. The first-order chi connectivity index (χ1) is 5.34. The van der Waals surface area contributed by atoms with Crippen LogP contribution >= 0.6 is 0 Å². The summed E-state index contributed by atoms with van der Waals surface area (Å²) >= 11 is 0. The summed E-state index contributed by atoms with van der Waals surface area (Å²) in [5, 5.41) is 0. The van der Waals surface area contributed by atoms with Crippen molar-refractivity contribution in [3.63, 3.8) is 0 Å². The number of nitrogens with zero attached hydrogens (tertiary/aromatic N) is 1. The molecule has 0 fully saturated rings. The third-order valence-electron chi connectivity index (χ3n) is 1.83. The first kappa shape index (κ1) is 8.27. The number of hydrogen-bond donors (Lipinski definition) is 2. The lowest BCUT2D eigenvalue weighted by Crippen LogP contribution is -2.02. The predicted octanol–water partition coefficient (Wildman–Crippen LogP) is 1.25. The van der Waals surface area contributed by atoms with Crippen molar-refractivity contribution in [2.24, 2.45) is 5.73 Å². The Morgan fingerprint density at radius 1 is 1.73 bits per heavy atom. The van der Waals surface area contributed by atoms with E-state index in [-0.39, 0.29) is 0 Å². The molecular formula is C8H15N3. The van der Waals surface area contributed by atoms with Gasteiger partial charge in [0.2, 0.25) is 0 Å². The van der Waals surface area contributed by atoms with E-state index in [0.717, 1.165) is 25.2 Å². The van der Waals surface area contributed by atoms with Crippen molar-refractivity contribution in [1.29, 1.82) is 0 Å². The van der Waals surface area contributed by atoms with E-state index in [0.29, 0.717) is 5.92 Å². The minimum atomic E-state index is 0.508. The molecule has 62 valence electrons. The standard InChI is InChI=1S/C8H15N3/c1-7(3-2-4-9)8-10-5-6-11-8/h5-7H,2-4,9H2,1H3,(H,10,11). The number of H-pyrrole nitrogens is 1. The van der Waals surface area contributed by atoms with Crippen LogP contribution in [0.4, 0.5) is 0 Å². The molecule has 1 unspecified atom stereocenters. The van der Waals surface area contributed by atoms with Crippen molar-refractivity contribution in [3.8, 4) is 0 Å². The number of hydrogen-bond acceptors (Lipinski definition) is 2. The monoisotopic (exact) mass is 153 g/mol. The molecule has 0 aliphatic rings. The molecule has 0 aliphatic heterocycles. The zero-order valence-corrected chi connectivity index (χ0v) is 6.88. The van der Waals surface area contributed by atoms with Gasteiger partial charge in [0.05, 0.1) is 0 Å². The molecule has 0 aliphatic carbocycles. The van der Waals surface area contributed by atoms with E-state index in [1.807, 2.05) is 6.20 Å². The summed E-state index contributed by atoms with van der Waals surface area (Å²) in [5.41, 5.74) is 5.40. The first-order valence-electron chi connectivity index (χ1n) is 4.04. The summed E-state index contributed by atoms with van der Waals surface area (Å²) in [5.74, 6) is 1.58. The van der Waals surface area contributed by atoms with Crippen LogP contribution in [-0.2, 0) is 0 Å². The van der Waals surface area contributed by atoms with E-state index in [1.165, 1.54) is 0 Å². The van der Waals surface area contributed by atoms with Gasteiger partial charge in [-0.25, -0.2) is 4.98 Å². The molecule has 3 nitrogen and oxygen atoms in total. The van der Waals surface area contributed by atoms with Crippen LogP contribution in [0.5, 0.6) is 0 Å². The van der Waals surface area contributed by atoms with E-state index in [2.05, 4.69) is 16.9 Å². The molecule has 0 spiro atoms. The highest BCUT2D eigenvalue weighted by Gasteiger charge is 2.05. The van der Waals surface area contributed by atoms with Crippen molar-refractivity contribution < 1.29 is 0 Å². The first-order valence-corrected chi connectivity index (χ1v) is 4.04. The Bertz CT molecular complexity index is 181. The van der Waals surface area contributed by atoms with E-state index in [9.17, 15) is 0 Å². The quantitative estimate of drug-likeness (QED) is 0.684. The maximum Gasteiger partial charge on any atom is 0.108 e. The number of imidazole rings is 1. The SMILES string of the molecule is CC(CCCN)c1ncc[nH]1. The predicted molar refractivity (Wildman–Crippen MR) is 45.3 cm³/mol. The van der Waals surface area contributed by atoms with Crippen LogP contribution in [0.3, 0.4) is 0 Å². The van der Waals surface area contributed by atoms with Crippen LogP contribution in [0, 0.1) is 0 Å². The van der Waals surface area contributed by atoms with Gasteiger partial charge < -0.3 is 10.7 Å².